The summed E-state index contributed by atoms with van der Waals surface area (Å²) in [6, 6.07) is 4.89. The Hall–Kier alpha value is -2.41. The maximum atomic E-state index is 11.4. The quantitative estimate of drug-likeness (QED) is 0.689. The van der Waals surface area contributed by atoms with Crippen molar-refractivity contribution in [3.05, 3.63) is 34.5 Å². The first kappa shape index (κ1) is 14.5. The molecule has 0 bridgehead atoms. The van der Waals surface area contributed by atoms with Crippen molar-refractivity contribution in [2.24, 2.45) is 0 Å². The van der Waals surface area contributed by atoms with E-state index in [2.05, 4.69) is 15.2 Å². The molecule has 1 fully saturated rings. The molecule has 0 saturated carbocycles. The number of nitrogens with zero attached hydrogens (tertiary/aromatic N) is 3. The van der Waals surface area contributed by atoms with Crippen molar-refractivity contribution in [3.63, 3.8) is 0 Å². The molecular weight excluding hydrogens is 284 g/mol. The van der Waals surface area contributed by atoms with Crippen LogP contribution in [0.1, 0.15) is 6.42 Å². The van der Waals surface area contributed by atoms with Crippen molar-refractivity contribution in [2.75, 3.05) is 38.2 Å². The highest BCUT2D eigenvalue weighted by molar-refractivity contribution is 6.02. The second-order valence-corrected chi connectivity index (χ2v) is 5.19. The lowest BCUT2D eigenvalue weighted by Gasteiger charge is -2.22. The fourth-order valence-electron chi connectivity index (χ4n) is 2.86. The molecule has 116 valence electrons. The van der Waals surface area contributed by atoms with Gasteiger partial charge in [0.25, 0.3) is 5.69 Å². The van der Waals surface area contributed by atoms with E-state index in [-0.39, 0.29) is 10.6 Å². The smallest absolute Gasteiger partial charge is 0.281 e. The highest BCUT2D eigenvalue weighted by Gasteiger charge is 2.22. The predicted molar refractivity (Wildman–Crippen MR) is 84.6 cm³/mol. The summed E-state index contributed by atoms with van der Waals surface area (Å²) in [5.41, 5.74) is 0.0658. The number of non-ortho nitro benzene ring substituents is 1. The molecule has 3 rings (SSSR count). The number of fused-ring (bicyclic) bond motifs is 1. The van der Waals surface area contributed by atoms with Crippen LogP contribution < -0.4 is 15.0 Å². The van der Waals surface area contributed by atoms with Gasteiger partial charge in [0.1, 0.15) is 17.0 Å². The molecule has 1 aliphatic heterocycles. The summed E-state index contributed by atoms with van der Waals surface area (Å²) in [6.07, 6.45) is 2.66. The Bertz CT molecular complexity index is 696. The molecule has 0 unspecified atom stereocenters. The third-order valence-electron chi connectivity index (χ3n) is 3.90. The number of methoxy groups -OCH3 is 1. The number of pyridine rings is 1. The van der Waals surface area contributed by atoms with Crippen LogP contribution in [0.5, 0.6) is 5.75 Å². The van der Waals surface area contributed by atoms with Gasteiger partial charge >= 0.3 is 0 Å². The first-order chi connectivity index (χ1) is 10.7. The van der Waals surface area contributed by atoms with Gasteiger partial charge in [0.2, 0.25) is 0 Å². The van der Waals surface area contributed by atoms with Gasteiger partial charge in [-0.3, -0.25) is 10.1 Å². The molecule has 0 amide bonds. The van der Waals surface area contributed by atoms with Gasteiger partial charge in [0.05, 0.1) is 12.0 Å². The number of benzene rings is 1. The monoisotopic (exact) mass is 302 g/mol. The molecule has 1 N–H and O–H groups in total. The lowest BCUT2D eigenvalue weighted by atomic mass is 10.1. The first-order valence-electron chi connectivity index (χ1n) is 7.28. The van der Waals surface area contributed by atoms with E-state index < -0.39 is 0 Å². The van der Waals surface area contributed by atoms with E-state index in [1.165, 1.54) is 6.07 Å². The van der Waals surface area contributed by atoms with Crippen LogP contribution in [0.4, 0.5) is 11.5 Å². The number of ether oxygens (including phenoxy) is 1. The zero-order valence-corrected chi connectivity index (χ0v) is 12.4. The van der Waals surface area contributed by atoms with Crippen LogP contribution in [0.15, 0.2) is 24.4 Å². The second-order valence-electron chi connectivity index (χ2n) is 5.19. The zero-order chi connectivity index (χ0) is 15.5. The van der Waals surface area contributed by atoms with Gasteiger partial charge < -0.3 is 15.0 Å². The van der Waals surface area contributed by atoms with E-state index in [0.717, 1.165) is 38.0 Å². The number of nitro groups is 1. The van der Waals surface area contributed by atoms with Crippen molar-refractivity contribution in [1.29, 1.82) is 0 Å². The van der Waals surface area contributed by atoms with Crippen LogP contribution in [0, 0.1) is 10.1 Å². The number of nitrogens with one attached hydrogen (secondary N) is 1. The number of rotatable bonds is 3. The van der Waals surface area contributed by atoms with Crippen LogP contribution in [-0.2, 0) is 0 Å². The molecule has 1 aliphatic rings. The molecule has 0 aliphatic carbocycles. The molecule has 7 nitrogen and oxygen atoms in total. The predicted octanol–water partition coefficient (Wildman–Crippen LogP) is 1.95. The van der Waals surface area contributed by atoms with Gasteiger partial charge in [-0.05, 0) is 25.1 Å². The molecule has 0 spiro atoms. The SMILES string of the molecule is COc1ccc([N+](=O)[O-])c2c(N3CCCNCC3)nccc12. The van der Waals surface area contributed by atoms with Gasteiger partial charge in [-0.25, -0.2) is 4.98 Å². The molecule has 22 heavy (non-hydrogen) atoms. The summed E-state index contributed by atoms with van der Waals surface area (Å²) in [5.74, 6) is 1.28. The minimum Gasteiger partial charge on any atom is -0.496 e. The Morgan fingerprint density at radius 1 is 1.32 bits per heavy atom. The van der Waals surface area contributed by atoms with E-state index in [9.17, 15) is 10.1 Å². The van der Waals surface area contributed by atoms with Crippen molar-refractivity contribution in [1.82, 2.24) is 10.3 Å². The normalized spacial score (nSPS) is 15.6. The summed E-state index contributed by atoms with van der Waals surface area (Å²) in [6.45, 7) is 3.40. The Morgan fingerprint density at radius 2 is 2.18 bits per heavy atom. The summed E-state index contributed by atoms with van der Waals surface area (Å²) in [5, 5.41) is 16.0. The number of hydrogen-bond acceptors (Lipinski definition) is 6. The Balaban J connectivity index is 2.22. The number of hydrogen-bond donors (Lipinski definition) is 1. The van der Waals surface area contributed by atoms with Crippen molar-refractivity contribution in [3.8, 4) is 5.75 Å². The Labute approximate surface area is 128 Å². The summed E-state index contributed by atoms with van der Waals surface area (Å²) >= 11 is 0. The van der Waals surface area contributed by atoms with Gasteiger partial charge in [-0.2, -0.15) is 0 Å². The van der Waals surface area contributed by atoms with E-state index in [0.29, 0.717) is 17.0 Å². The zero-order valence-electron chi connectivity index (χ0n) is 12.4. The molecule has 7 heteroatoms. The van der Waals surface area contributed by atoms with Crippen LogP contribution in [0.3, 0.4) is 0 Å². The van der Waals surface area contributed by atoms with Crippen LogP contribution in [-0.4, -0.2) is 43.2 Å². The second kappa shape index (κ2) is 6.15. The third-order valence-corrected chi connectivity index (χ3v) is 3.90. The van der Waals surface area contributed by atoms with Gasteiger partial charge in [0, 0.05) is 37.3 Å². The summed E-state index contributed by atoms with van der Waals surface area (Å²) < 4.78 is 5.35. The van der Waals surface area contributed by atoms with Crippen LogP contribution >= 0.6 is 0 Å². The summed E-state index contributed by atoms with van der Waals surface area (Å²) in [7, 11) is 1.57. The van der Waals surface area contributed by atoms with Crippen molar-refractivity contribution in [2.45, 2.75) is 6.42 Å². The van der Waals surface area contributed by atoms with Crippen molar-refractivity contribution >= 4 is 22.3 Å². The lowest BCUT2D eigenvalue weighted by Crippen LogP contribution is -2.28. The minimum absolute atomic E-state index is 0.0658. The number of nitro benzene ring substituents is 1. The van der Waals surface area contributed by atoms with Crippen molar-refractivity contribution < 1.29 is 9.66 Å². The highest BCUT2D eigenvalue weighted by atomic mass is 16.6. The van der Waals surface area contributed by atoms with Crippen LogP contribution in [0.2, 0.25) is 0 Å². The van der Waals surface area contributed by atoms with E-state index in [1.807, 2.05) is 0 Å². The largest absolute Gasteiger partial charge is 0.496 e. The first-order valence-corrected chi connectivity index (χ1v) is 7.28. The van der Waals surface area contributed by atoms with Crippen LogP contribution in [0.25, 0.3) is 10.8 Å². The standard InChI is InChI=1S/C15H18N4O3/c1-22-13-4-3-12(19(20)21)14-11(13)5-7-17-15(14)18-9-2-6-16-8-10-18/h3-5,7,16H,2,6,8-10H2,1H3. The fourth-order valence-corrected chi connectivity index (χ4v) is 2.86. The Morgan fingerprint density at radius 3 is 2.95 bits per heavy atom. The van der Waals surface area contributed by atoms with E-state index >= 15 is 0 Å². The molecule has 0 atom stereocenters. The van der Waals surface area contributed by atoms with E-state index in [4.69, 9.17) is 4.74 Å². The average Bonchev–Trinajstić information content (AvgIpc) is 2.82. The molecule has 2 heterocycles. The fraction of sp³-hybridized carbons (Fsp3) is 0.400. The maximum Gasteiger partial charge on any atom is 0.281 e. The number of anilines is 1. The molecular formula is C15H18N4O3. The molecule has 0 radical (unpaired) electrons. The highest BCUT2D eigenvalue weighted by Crippen LogP contribution is 2.38. The van der Waals surface area contributed by atoms with E-state index in [1.54, 1.807) is 25.4 Å². The minimum atomic E-state index is -0.358. The molecule has 2 aromatic rings. The maximum absolute atomic E-state index is 11.4. The van der Waals surface area contributed by atoms with Gasteiger partial charge in [0.15, 0.2) is 0 Å². The number of aromatic nitrogens is 1. The third kappa shape index (κ3) is 2.55. The lowest BCUT2D eigenvalue weighted by molar-refractivity contribution is -0.383. The molecule has 1 saturated heterocycles. The average molecular weight is 302 g/mol. The molecule has 1 aromatic heterocycles. The van der Waals surface area contributed by atoms with Gasteiger partial charge in [-0.1, -0.05) is 0 Å². The topological polar surface area (TPSA) is 80.5 Å². The summed E-state index contributed by atoms with van der Waals surface area (Å²) in [4.78, 5) is 17.6. The van der Waals surface area contributed by atoms with Gasteiger partial charge in [-0.15, -0.1) is 0 Å². The Kier molecular flexibility index (Phi) is 4.06. The molecule has 1 aromatic carbocycles.